The van der Waals surface area contributed by atoms with Crippen LogP contribution in [0, 0.1) is 16.7 Å². The lowest BCUT2D eigenvalue weighted by molar-refractivity contribution is -0.148. The number of pyridine rings is 1. The van der Waals surface area contributed by atoms with Crippen molar-refractivity contribution in [2.24, 2.45) is 5.41 Å². The molecule has 1 aliphatic carbocycles. The fraction of sp³-hybridized carbons (Fsp3) is 0.381. The highest BCUT2D eigenvalue weighted by molar-refractivity contribution is 7.99. The number of aromatic nitrogens is 1. The van der Waals surface area contributed by atoms with Crippen LogP contribution in [0.1, 0.15) is 38.7 Å². The summed E-state index contributed by atoms with van der Waals surface area (Å²) in [5, 5.41) is 8.96. The second-order valence-electron chi connectivity index (χ2n) is 7.07. The second kappa shape index (κ2) is 7.92. The van der Waals surface area contributed by atoms with Crippen molar-refractivity contribution in [1.29, 1.82) is 5.26 Å². The summed E-state index contributed by atoms with van der Waals surface area (Å²) in [4.78, 5) is 17.4. The summed E-state index contributed by atoms with van der Waals surface area (Å²) >= 11 is 1.77. The quantitative estimate of drug-likeness (QED) is 0.518. The standard InChI is InChI=1S/C21H22N2O2S/c1-15(2)25-20(24)11-21(8-9-21)14-26-19-7-10-23-13-18(19)17-5-3-16(12-22)4-6-17/h3-7,10,13,15H,8-9,11,14H2,1-2H3. The smallest absolute Gasteiger partial charge is 0.306 e. The molecule has 2 aromatic rings. The molecule has 0 bridgehead atoms. The van der Waals surface area contributed by atoms with Crippen LogP contribution in [0.25, 0.3) is 11.1 Å². The predicted octanol–water partition coefficient (Wildman–Crippen LogP) is 4.83. The van der Waals surface area contributed by atoms with Crippen LogP contribution in [0.4, 0.5) is 0 Å². The zero-order valence-corrected chi connectivity index (χ0v) is 15.9. The molecule has 0 spiro atoms. The molecule has 1 aliphatic rings. The van der Waals surface area contributed by atoms with Gasteiger partial charge in [-0.1, -0.05) is 12.1 Å². The highest BCUT2D eigenvalue weighted by atomic mass is 32.2. The Balaban J connectivity index is 1.69. The third kappa shape index (κ3) is 4.64. The van der Waals surface area contributed by atoms with E-state index in [9.17, 15) is 4.79 Å². The molecule has 4 nitrogen and oxygen atoms in total. The molecule has 0 aliphatic heterocycles. The van der Waals surface area contributed by atoms with Crippen LogP contribution in [0.5, 0.6) is 0 Å². The first kappa shape index (κ1) is 18.5. The molecule has 26 heavy (non-hydrogen) atoms. The van der Waals surface area contributed by atoms with E-state index in [1.165, 1.54) is 0 Å². The van der Waals surface area contributed by atoms with Gasteiger partial charge >= 0.3 is 5.97 Å². The Morgan fingerprint density at radius 2 is 2.04 bits per heavy atom. The van der Waals surface area contributed by atoms with Crippen molar-refractivity contribution in [3.8, 4) is 17.2 Å². The highest BCUT2D eigenvalue weighted by Gasteiger charge is 2.44. The molecule has 1 aromatic heterocycles. The van der Waals surface area contributed by atoms with Crippen molar-refractivity contribution < 1.29 is 9.53 Å². The first-order valence-electron chi connectivity index (χ1n) is 8.78. The van der Waals surface area contributed by atoms with E-state index >= 15 is 0 Å². The van der Waals surface area contributed by atoms with Crippen LogP contribution in [0.15, 0.2) is 47.6 Å². The number of nitriles is 1. The van der Waals surface area contributed by atoms with Crippen molar-refractivity contribution in [1.82, 2.24) is 4.98 Å². The summed E-state index contributed by atoms with van der Waals surface area (Å²) in [6.45, 7) is 3.76. The summed E-state index contributed by atoms with van der Waals surface area (Å²) in [5.74, 6) is 0.799. The molecule has 0 N–H and O–H groups in total. The fourth-order valence-electron chi connectivity index (χ4n) is 2.84. The van der Waals surface area contributed by atoms with Gasteiger partial charge in [-0.2, -0.15) is 5.26 Å². The number of hydrogen-bond donors (Lipinski definition) is 0. The minimum Gasteiger partial charge on any atom is -0.463 e. The summed E-state index contributed by atoms with van der Waals surface area (Å²) in [7, 11) is 0. The maximum absolute atomic E-state index is 12.0. The monoisotopic (exact) mass is 366 g/mol. The Bertz CT molecular complexity index is 821. The molecule has 0 unspecified atom stereocenters. The molecule has 1 aromatic carbocycles. The molecule has 3 rings (SSSR count). The SMILES string of the molecule is CC(C)OC(=O)CC1(CSc2ccncc2-c2ccc(C#N)cc2)CC1. The van der Waals surface area contributed by atoms with E-state index in [1.54, 1.807) is 18.0 Å². The number of esters is 1. The molecular formula is C21H22N2O2S. The predicted molar refractivity (Wildman–Crippen MR) is 103 cm³/mol. The number of rotatable bonds is 7. The molecular weight excluding hydrogens is 344 g/mol. The Morgan fingerprint density at radius 1 is 1.31 bits per heavy atom. The Hall–Kier alpha value is -2.32. The lowest BCUT2D eigenvalue weighted by atomic mass is 10.1. The minimum atomic E-state index is -0.0971. The van der Waals surface area contributed by atoms with Crippen molar-refractivity contribution in [2.75, 3.05) is 5.75 Å². The third-order valence-electron chi connectivity index (χ3n) is 4.48. The number of hydrogen-bond acceptors (Lipinski definition) is 5. The van der Waals surface area contributed by atoms with E-state index in [4.69, 9.17) is 10.00 Å². The van der Waals surface area contributed by atoms with Gasteiger partial charge in [0.1, 0.15) is 0 Å². The molecule has 0 amide bonds. The number of carbonyl (C=O) groups is 1. The maximum Gasteiger partial charge on any atom is 0.306 e. The minimum absolute atomic E-state index is 0.0610. The van der Waals surface area contributed by atoms with E-state index in [2.05, 4.69) is 11.1 Å². The van der Waals surface area contributed by atoms with Gasteiger partial charge in [-0.15, -0.1) is 11.8 Å². The van der Waals surface area contributed by atoms with Crippen LogP contribution >= 0.6 is 11.8 Å². The normalized spacial score (nSPS) is 14.7. The molecule has 1 heterocycles. The average Bonchev–Trinajstić information content (AvgIpc) is 3.39. The van der Waals surface area contributed by atoms with Crippen molar-refractivity contribution >= 4 is 17.7 Å². The Labute approximate surface area is 158 Å². The van der Waals surface area contributed by atoms with Gasteiger partial charge in [-0.05, 0) is 55.9 Å². The maximum atomic E-state index is 12.0. The largest absolute Gasteiger partial charge is 0.463 e. The number of benzene rings is 1. The highest BCUT2D eigenvalue weighted by Crippen LogP contribution is 2.52. The van der Waals surface area contributed by atoms with E-state index in [1.807, 2.05) is 50.4 Å². The fourth-order valence-corrected chi connectivity index (χ4v) is 4.17. The van der Waals surface area contributed by atoms with Gasteiger partial charge in [0.15, 0.2) is 0 Å². The molecule has 1 saturated carbocycles. The lowest BCUT2D eigenvalue weighted by Crippen LogP contribution is -2.17. The Kier molecular flexibility index (Phi) is 5.63. The second-order valence-corrected chi connectivity index (χ2v) is 8.08. The van der Waals surface area contributed by atoms with E-state index < -0.39 is 0 Å². The molecule has 0 atom stereocenters. The van der Waals surface area contributed by atoms with Gasteiger partial charge in [0.05, 0.1) is 24.2 Å². The molecule has 5 heteroatoms. The number of carbonyl (C=O) groups excluding carboxylic acids is 1. The summed E-state index contributed by atoms with van der Waals surface area (Å²) in [6.07, 6.45) is 6.23. The van der Waals surface area contributed by atoms with Gasteiger partial charge in [0, 0.05) is 28.6 Å². The van der Waals surface area contributed by atoms with Crippen LogP contribution < -0.4 is 0 Å². The molecule has 1 fully saturated rings. The number of nitrogens with zero attached hydrogens (tertiary/aromatic N) is 2. The molecule has 0 radical (unpaired) electrons. The van der Waals surface area contributed by atoms with Crippen molar-refractivity contribution in [3.63, 3.8) is 0 Å². The van der Waals surface area contributed by atoms with Gasteiger partial charge < -0.3 is 4.74 Å². The topological polar surface area (TPSA) is 63.0 Å². The van der Waals surface area contributed by atoms with Gasteiger partial charge in [-0.3, -0.25) is 9.78 Å². The number of thioether (sulfide) groups is 1. The van der Waals surface area contributed by atoms with Crippen molar-refractivity contribution in [3.05, 3.63) is 48.3 Å². The van der Waals surface area contributed by atoms with E-state index in [-0.39, 0.29) is 17.5 Å². The number of ether oxygens (including phenoxy) is 1. The molecule has 134 valence electrons. The van der Waals surface area contributed by atoms with E-state index in [0.29, 0.717) is 12.0 Å². The zero-order valence-electron chi connectivity index (χ0n) is 15.1. The summed E-state index contributed by atoms with van der Waals surface area (Å²) in [5.41, 5.74) is 2.82. The summed E-state index contributed by atoms with van der Waals surface area (Å²) in [6, 6.07) is 11.7. The van der Waals surface area contributed by atoms with Crippen LogP contribution in [-0.4, -0.2) is 22.8 Å². The summed E-state index contributed by atoms with van der Waals surface area (Å²) < 4.78 is 5.31. The zero-order chi connectivity index (χ0) is 18.6. The van der Waals surface area contributed by atoms with Crippen LogP contribution in [0.2, 0.25) is 0 Å². The Morgan fingerprint density at radius 3 is 2.65 bits per heavy atom. The first-order valence-corrected chi connectivity index (χ1v) is 9.77. The lowest BCUT2D eigenvalue weighted by Gasteiger charge is -2.16. The van der Waals surface area contributed by atoms with Crippen LogP contribution in [-0.2, 0) is 9.53 Å². The van der Waals surface area contributed by atoms with Crippen LogP contribution in [0.3, 0.4) is 0 Å². The van der Waals surface area contributed by atoms with Gasteiger partial charge in [-0.25, -0.2) is 0 Å². The molecule has 0 saturated heterocycles. The van der Waals surface area contributed by atoms with E-state index in [0.717, 1.165) is 34.6 Å². The van der Waals surface area contributed by atoms with Gasteiger partial charge in [0.2, 0.25) is 0 Å². The van der Waals surface area contributed by atoms with Gasteiger partial charge in [0.25, 0.3) is 0 Å². The first-order chi connectivity index (χ1) is 12.5. The van der Waals surface area contributed by atoms with Crippen molar-refractivity contribution in [2.45, 2.75) is 44.1 Å². The average molecular weight is 366 g/mol. The third-order valence-corrected chi connectivity index (χ3v) is 5.91.